The molecule has 0 bridgehead atoms. The van der Waals surface area contributed by atoms with Crippen LogP contribution in [0.3, 0.4) is 0 Å². The van der Waals surface area contributed by atoms with Crippen LogP contribution in [0, 0.1) is 13.8 Å². The van der Waals surface area contributed by atoms with Gasteiger partial charge in [-0.25, -0.2) is 4.68 Å². The summed E-state index contributed by atoms with van der Waals surface area (Å²) in [4.78, 5) is 13.4. The zero-order valence-corrected chi connectivity index (χ0v) is 19.3. The van der Waals surface area contributed by atoms with Crippen LogP contribution in [0.1, 0.15) is 54.4 Å². The standard InChI is InChI=1S/C24H29N5OS/c1-5-7-20-26-27-24-29(20)28-21(18-10-8-17(6-2)9-11-18)22(31-24)23(30)25-19-13-15(3)12-16(4)14-19/h8-14,21-22,28H,5-7H2,1-4H3,(H,25,30)/t21-,22-/m0/s1. The minimum atomic E-state index is -0.375. The first kappa shape index (κ1) is 21.4. The van der Waals surface area contributed by atoms with Crippen LogP contribution in [0.25, 0.3) is 0 Å². The number of benzene rings is 2. The number of aromatic nitrogens is 3. The number of hydrogen-bond acceptors (Lipinski definition) is 5. The molecule has 0 spiro atoms. The fraction of sp³-hybridized carbons (Fsp3) is 0.375. The van der Waals surface area contributed by atoms with Crippen molar-refractivity contribution < 1.29 is 4.79 Å². The molecular formula is C24H29N5OS. The van der Waals surface area contributed by atoms with Crippen LogP contribution in [0.5, 0.6) is 0 Å². The normalized spacial score (nSPS) is 17.7. The highest BCUT2D eigenvalue weighted by Crippen LogP contribution is 2.38. The van der Waals surface area contributed by atoms with Crippen molar-refractivity contribution in [3.63, 3.8) is 0 Å². The number of aryl methyl sites for hydroxylation is 4. The lowest BCUT2D eigenvalue weighted by atomic mass is 10.0. The van der Waals surface area contributed by atoms with Gasteiger partial charge in [0, 0.05) is 12.1 Å². The molecule has 3 aromatic rings. The van der Waals surface area contributed by atoms with Crippen molar-refractivity contribution in [2.24, 2.45) is 0 Å². The molecule has 0 fully saturated rings. The van der Waals surface area contributed by atoms with Crippen LogP contribution in [-0.2, 0) is 17.6 Å². The van der Waals surface area contributed by atoms with E-state index in [-0.39, 0.29) is 17.2 Å². The monoisotopic (exact) mass is 435 g/mol. The molecule has 0 saturated heterocycles. The maximum atomic E-state index is 13.4. The van der Waals surface area contributed by atoms with Gasteiger partial charge in [-0.05, 0) is 61.1 Å². The van der Waals surface area contributed by atoms with E-state index in [1.165, 1.54) is 17.3 Å². The van der Waals surface area contributed by atoms with Gasteiger partial charge in [-0.15, -0.1) is 10.2 Å². The topological polar surface area (TPSA) is 71.8 Å². The Morgan fingerprint density at radius 1 is 1.10 bits per heavy atom. The molecule has 1 aliphatic heterocycles. The second-order valence-electron chi connectivity index (χ2n) is 8.09. The average Bonchev–Trinajstić information content (AvgIpc) is 3.14. The first-order valence-corrected chi connectivity index (χ1v) is 11.7. The summed E-state index contributed by atoms with van der Waals surface area (Å²) in [5.41, 5.74) is 8.96. The summed E-state index contributed by atoms with van der Waals surface area (Å²) >= 11 is 1.47. The molecule has 0 saturated carbocycles. The molecular weight excluding hydrogens is 406 g/mol. The first-order valence-electron chi connectivity index (χ1n) is 10.8. The molecule has 1 aromatic heterocycles. The molecule has 1 amide bonds. The van der Waals surface area contributed by atoms with Crippen molar-refractivity contribution in [3.05, 3.63) is 70.5 Å². The number of carbonyl (C=O) groups excluding carboxylic acids is 1. The smallest absolute Gasteiger partial charge is 0.240 e. The van der Waals surface area contributed by atoms with E-state index >= 15 is 0 Å². The summed E-state index contributed by atoms with van der Waals surface area (Å²) in [6.07, 6.45) is 2.80. The van der Waals surface area contributed by atoms with Gasteiger partial charge in [0.1, 0.15) is 5.25 Å². The van der Waals surface area contributed by atoms with Crippen molar-refractivity contribution in [2.45, 2.75) is 63.4 Å². The third kappa shape index (κ3) is 4.61. The maximum Gasteiger partial charge on any atom is 0.240 e. The third-order valence-corrected chi connectivity index (χ3v) is 6.69. The minimum Gasteiger partial charge on any atom is -0.325 e. The van der Waals surface area contributed by atoms with Crippen LogP contribution in [0.15, 0.2) is 47.6 Å². The van der Waals surface area contributed by atoms with E-state index in [0.717, 1.165) is 52.6 Å². The zero-order chi connectivity index (χ0) is 22.0. The van der Waals surface area contributed by atoms with E-state index in [1.54, 1.807) is 0 Å². The molecule has 2 aromatic carbocycles. The van der Waals surface area contributed by atoms with Gasteiger partial charge in [0.2, 0.25) is 11.1 Å². The maximum absolute atomic E-state index is 13.4. The SMILES string of the molecule is CCCc1nnc2n1N[C@@H](c1ccc(CC)cc1)[C@@H](C(=O)Nc1cc(C)cc(C)c1)S2. The van der Waals surface area contributed by atoms with Crippen molar-refractivity contribution in [1.29, 1.82) is 0 Å². The minimum absolute atomic E-state index is 0.0432. The molecule has 7 heteroatoms. The van der Waals surface area contributed by atoms with E-state index < -0.39 is 0 Å². The predicted octanol–water partition coefficient (Wildman–Crippen LogP) is 4.81. The third-order valence-electron chi connectivity index (χ3n) is 5.47. The van der Waals surface area contributed by atoms with E-state index in [1.807, 2.05) is 30.7 Å². The highest BCUT2D eigenvalue weighted by Gasteiger charge is 2.37. The van der Waals surface area contributed by atoms with Gasteiger partial charge in [0.25, 0.3) is 0 Å². The number of thioether (sulfide) groups is 1. The zero-order valence-electron chi connectivity index (χ0n) is 18.5. The quantitative estimate of drug-likeness (QED) is 0.581. The molecule has 2 heterocycles. The Morgan fingerprint density at radius 2 is 1.81 bits per heavy atom. The molecule has 2 atom stereocenters. The van der Waals surface area contributed by atoms with Gasteiger partial charge in [0.05, 0.1) is 6.04 Å². The largest absolute Gasteiger partial charge is 0.325 e. The first-order chi connectivity index (χ1) is 15.0. The van der Waals surface area contributed by atoms with Gasteiger partial charge in [-0.3, -0.25) is 4.79 Å². The fourth-order valence-corrected chi connectivity index (χ4v) is 5.05. The highest BCUT2D eigenvalue weighted by molar-refractivity contribution is 8.00. The molecule has 31 heavy (non-hydrogen) atoms. The van der Waals surface area contributed by atoms with Crippen LogP contribution in [-0.4, -0.2) is 26.0 Å². The average molecular weight is 436 g/mol. The van der Waals surface area contributed by atoms with E-state index in [2.05, 4.69) is 65.1 Å². The molecule has 2 N–H and O–H groups in total. The molecule has 0 aliphatic carbocycles. The Hall–Kier alpha value is -2.80. The second-order valence-corrected chi connectivity index (χ2v) is 9.20. The fourth-order valence-electron chi connectivity index (χ4n) is 3.96. The number of hydrogen-bond donors (Lipinski definition) is 2. The van der Waals surface area contributed by atoms with E-state index in [0.29, 0.717) is 0 Å². The summed E-state index contributed by atoms with van der Waals surface area (Å²) in [6, 6.07) is 14.4. The van der Waals surface area contributed by atoms with Crippen LogP contribution >= 0.6 is 11.8 Å². The van der Waals surface area contributed by atoms with Crippen LogP contribution in [0.2, 0.25) is 0 Å². The van der Waals surface area contributed by atoms with Crippen molar-refractivity contribution in [1.82, 2.24) is 14.9 Å². The second kappa shape index (κ2) is 9.14. The molecule has 6 nitrogen and oxygen atoms in total. The van der Waals surface area contributed by atoms with Gasteiger partial charge >= 0.3 is 0 Å². The molecule has 0 radical (unpaired) electrons. The number of nitrogens with zero attached hydrogens (tertiary/aromatic N) is 3. The summed E-state index contributed by atoms with van der Waals surface area (Å²) < 4.78 is 1.95. The summed E-state index contributed by atoms with van der Waals surface area (Å²) in [7, 11) is 0. The van der Waals surface area contributed by atoms with Crippen molar-refractivity contribution >= 4 is 23.4 Å². The highest BCUT2D eigenvalue weighted by atomic mass is 32.2. The Bertz CT molecular complexity index is 1060. The molecule has 162 valence electrons. The molecule has 1 aliphatic rings. The summed E-state index contributed by atoms with van der Waals surface area (Å²) in [5.74, 6) is 0.853. The Morgan fingerprint density at radius 3 is 2.45 bits per heavy atom. The Balaban J connectivity index is 1.66. The number of nitrogens with one attached hydrogen (secondary N) is 2. The lowest BCUT2D eigenvalue weighted by molar-refractivity contribution is -0.116. The summed E-state index contributed by atoms with van der Waals surface area (Å²) in [5, 5.41) is 12.1. The lowest BCUT2D eigenvalue weighted by Crippen LogP contribution is -2.41. The van der Waals surface area contributed by atoms with Gasteiger partial charge < -0.3 is 10.7 Å². The Kier molecular flexibility index (Phi) is 6.32. The number of anilines is 1. The van der Waals surface area contributed by atoms with Crippen LogP contribution in [0.4, 0.5) is 5.69 Å². The predicted molar refractivity (Wildman–Crippen MR) is 126 cm³/mol. The number of amides is 1. The van der Waals surface area contributed by atoms with Crippen LogP contribution < -0.4 is 10.7 Å². The van der Waals surface area contributed by atoms with Gasteiger partial charge in [-0.2, -0.15) is 0 Å². The molecule has 4 rings (SSSR count). The van der Waals surface area contributed by atoms with E-state index in [9.17, 15) is 4.79 Å². The Labute approximate surface area is 187 Å². The van der Waals surface area contributed by atoms with Crippen molar-refractivity contribution in [2.75, 3.05) is 10.7 Å². The number of carbonyl (C=O) groups is 1. The van der Waals surface area contributed by atoms with E-state index in [4.69, 9.17) is 0 Å². The number of fused-ring (bicyclic) bond motifs is 1. The van der Waals surface area contributed by atoms with Gasteiger partial charge in [0.15, 0.2) is 5.82 Å². The van der Waals surface area contributed by atoms with Crippen molar-refractivity contribution in [3.8, 4) is 0 Å². The van der Waals surface area contributed by atoms with Gasteiger partial charge in [-0.1, -0.05) is 55.9 Å². The number of rotatable bonds is 6. The summed E-state index contributed by atoms with van der Waals surface area (Å²) in [6.45, 7) is 8.34. The lowest BCUT2D eigenvalue weighted by Gasteiger charge is -2.33. The molecule has 0 unspecified atom stereocenters.